The van der Waals surface area contributed by atoms with Crippen LogP contribution in [0.25, 0.3) is 0 Å². The van der Waals surface area contributed by atoms with E-state index in [1.807, 2.05) is 13.8 Å². The lowest BCUT2D eigenvalue weighted by Gasteiger charge is -2.17. The third-order valence-corrected chi connectivity index (χ3v) is 2.10. The number of esters is 1. The smallest absolute Gasteiger partial charge is 0.333 e. The van der Waals surface area contributed by atoms with Crippen molar-refractivity contribution in [1.29, 1.82) is 0 Å². The number of hydrogen-bond donors (Lipinski definition) is 2. The fraction of sp³-hybridized carbons (Fsp3) is 0.692. The van der Waals surface area contributed by atoms with E-state index in [0.717, 1.165) is 0 Å². The predicted molar refractivity (Wildman–Crippen MR) is 74.2 cm³/mol. The van der Waals surface area contributed by atoms with Crippen LogP contribution in [0, 0.1) is 0 Å². The Balaban J connectivity index is 3.72. The van der Waals surface area contributed by atoms with Crippen LogP contribution in [0.5, 0.6) is 0 Å². The van der Waals surface area contributed by atoms with Gasteiger partial charge in [-0.1, -0.05) is 6.58 Å². The van der Waals surface area contributed by atoms with Gasteiger partial charge in [-0.2, -0.15) is 0 Å². The maximum atomic E-state index is 11.4. The predicted octanol–water partition coefficient (Wildman–Crippen LogP) is 0.804. The number of urea groups is 1. The number of ether oxygens (including phenoxy) is 3. The van der Waals surface area contributed by atoms with Gasteiger partial charge < -0.3 is 24.8 Å². The molecule has 0 bridgehead atoms. The molecule has 7 heteroatoms. The highest BCUT2D eigenvalue weighted by Crippen LogP contribution is 1.93. The van der Waals surface area contributed by atoms with Crippen molar-refractivity contribution in [3.63, 3.8) is 0 Å². The van der Waals surface area contributed by atoms with Crippen molar-refractivity contribution in [3.8, 4) is 0 Å². The Bertz CT molecular complexity index is 314. The maximum absolute atomic E-state index is 11.4. The van der Waals surface area contributed by atoms with Gasteiger partial charge in [-0.05, 0) is 20.8 Å². The maximum Gasteiger partial charge on any atom is 0.333 e. The molecule has 0 saturated heterocycles. The zero-order valence-corrected chi connectivity index (χ0v) is 12.4. The Morgan fingerprint density at radius 2 is 1.75 bits per heavy atom. The minimum atomic E-state index is -0.472. The molecule has 0 aromatic heterocycles. The molecule has 0 radical (unpaired) electrons. The van der Waals surface area contributed by atoms with Gasteiger partial charge >= 0.3 is 12.0 Å². The Morgan fingerprint density at radius 1 is 1.15 bits per heavy atom. The lowest BCUT2D eigenvalue weighted by molar-refractivity contribution is -0.138. The van der Waals surface area contributed by atoms with Crippen molar-refractivity contribution in [1.82, 2.24) is 10.6 Å². The molecule has 7 nitrogen and oxygen atoms in total. The topological polar surface area (TPSA) is 85.9 Å². The molecule has 0 atom stereocenters. The number of nitrogens with one attached hydrogen (secondary N) is 2. The van der Waals surface area contributed by atoms with Crippen molar-refractivity contribution in [2.75, 3.05) is 32.9 Å². The molecule has 0 rings (SSSR count). The lowest BCUT2D eigenvalue weighted by Crippen LogP contribution is -2.42. The van der Waals surface area contributed by atoms with Crippen LogP contribution in [0.4, 0.5) is 4.79 Å². The van der Waals surface area contributed by atoms with Crippen LogP contribution in [-0.4, -0.2) is 51.2 Å². The molecule has 0 saturated carbocycles. The average molecular weight is 288 g/mol. The molecule has 0 aliphatic rings. The first-order valence-electron chi connectivity index (χ1n) is 6.58. The Labute approximate surface area is 119 Å². The fourth-order valence-corrected chi connectivity index (χ4v) is 1.21. The summed E-state index contributed by atoms with van der Waals surface area (Å²) in [6, 6.07) is -0.374. The molecular formula is C13H24N2O5. The second-order valence-electron chi connectivity index (χ2n) is 3.89. The van der Waals surface area contributed by atoms with E-state index < -0.39 is 12.3 Å². The van der Waals surface area contributed by atoms with E-state index in [1.165, 1.54) is 0 Å². The molecule has 0 aromatic rings. The molecule has 20 heavy (non-hydrogen) atoms. The molecule has 2 amide bonds. The van der Waals surface area contributed by atoms with E-state index in [4.69, 9.17) is 14.2 Å². The minimum Gasteiger partial charge on any atom is -0.460 e. The van der Waals surface area contributed by atoms with Crippen LogP contribution in [0.3, 0.4) is 0 Å². The molecule has 0 spiro atoms. The number of carbonyl (C=O) groups is 2. The van der Waals surface area contributed by atoms with E-state index in [-0.39, 0.29) is 25.7 Å². The molecule has 0 unspecified atom stereocenters. The summed E-state index contributed by atoms with van der Waals surface area (Å²) in [6.45, 7) is 10.3. The first kappa shape index (κ1) is 18.4. The summed E-state index contributed by atoms with van der Waals surface area (Å²) < 4.78 is 15.4. The van der Waals surface area contributed by atoms with E-state index in [0.29, 0.717) is 18.8 Å². The van der Waals surface area contributed by atoms with Gasteiger partial charge in [-0.15, -0.1) is 0 Å². The standard InChI is InChI=1S/C13H24N2O5/c1-5-18-11(19-6-2)9-15-13(17)14-7-8-20-12(16)10(3)4/h11H,3,5-9H2,1-2,4H3,(H2,14,15,17). The molecular weight excluding hydrogens is 264 g/mol. The molecule has 116 valence electrons. The van der Waals surface area contributed by atoms with E-state index in [9.17, 15) is 9.59 Å². The monoisotopic (exact) mass is 288 g/mol. The van der Waals surface area contributed by atoms with Crippen LogP contribution in [-0.2, 0) is 19.0 Å². The number of rotatable bonds is 10. The zero-order chi connectivity index (χ0) is 15.4. The van der Waals surface area contributed by atoms with E-state index in [1.54, 1.807) is 6.92 Å². The number of hydrogen-bond acceptors (Lipinski definition) is 5. The summed E-state index contributed by atoms with van der Waals surface area (Å²) in [5, 5.41) is 5.15. The van der Waals surface area contributed by atoms with Gasteiger partial charge in [0.2, 0.25) is 0 Å². The highest BCUT2D eigenvalue weighted by Gasteiger charge is 2.09. The van der Waals surface area contributed by atoms with Crippen LogP contribution >= 0.6 is 0 Å². The molecule has 0 heterocycles. The number of amides is 2. The lowest BCUT2D eigenvalue weighted by atomic mass is 10.4. The first-order valence-corrected chi connectivity index (χ1v) is 6.58. The SMILES string of the molecule is C=C(C)C(=O)OCCNC(=O)NCC(OCC)OCC. The highest BCUT2D eigenvalue weighted by atomic mass is 16.7. The molecule has 0 aliphatic heterocycles. The Kier molecular flexibility index (Phi) is 10.3. The first-order chi connectivity index (χ1) is 9.51. The summed E-state index contributed by atoms with van der Waals surface area (Å²) in [5.74, 6) is -0.472. The van der Waals surface area contributed by atoms with Gasteiger partial charge in [-0.25, -0.2) is 9.59 Å². The van der Waals surface area contributed by atoms with E-state index in [2.05, 4.69) is 17.2 Å². The Morgan fingerprint density at radius 3 is 2.25 bits per heavy atom. The third kappa shape index (κ3) is 9.35. The van der Waals surface area contributed by atoms with Gasteiger partial charge in [0.1, 0.15) is 6.61 Å². The molecule has 0 fully saturated rings. The second kappa shape index (κ2) is 11.2. The van der Waals surface area contributed by atoms with Crippen molar-refractivity contribution >= 4 is 12.0 Å². The van der Waals surface area contributed by atoms with E-state index >= 15 is 0 Å². The quantitative estimate of drug-likeness (QED) is 0.269. The van der Waals surface area contributed by atoms with Gasteiger partial charge in [0.25, 0.3) is 0 Å². The third-order valence-electron chi connectivity index (χ3n) is 2.10. The summed E-state index contributed by atoms with van der Waals surface area (Å²) >= 11 is 0. The highest BCUT2D eigenvalue weighted by molar-refractivity contribution is 5.86. The van der Waals surface area contributed by atoms with Crippen molar-refractivity contribution < 1.29 is 23.8 Å². The zero-order valence-electron chi connectivity index (χ0n) is 12.4. The summed E-state index contributed by atoms with van der Waals surface area (Å²) in [7, 11) is 0. The summed E-state index contributed by atoms with van der Waals surface area (Å²) in [5.41, 5.74) is 0.325. The van der Waals surface area contributed by atoms with Crippen LogP contribution in [0.2, 0.25) is 0 Å². The van der Waals surface area contributed by atoms with Gasteiger partial charge in [0.05, 0.1) is 13.1 Å². The van der Waals surface area contributed by atoms with Crippen LogP contribution in [0.1, 0.15) is 20.8 Å². The summed E-state index contributed by atoms with van der Waals surface area (Å²) in [4.78, 5) is 22.5. The largest absolute Gasteiger partial charge is 0.460 e. The van der Waals surface area contributed by atoms with Crippen molar-refractivity contribution in [2.45, 2.75) is 27.1 Å². The van der Waals surface area contributed by atoms with Gasteiger partial charge in [-0.3, -0.25) is 0 Å². The van der Waals surface area contributed by atoms with Gasteiger partial charge in [0.15, 0.2) is 6.29 Å². The van der Waals surface area contributed by atoms with Crippen LogP contribution < -0.4 is 10.6 Å². The Hall–Kier alpha value is -1.60. The van der Waals surface area contributed by atoms with Crippen LogP contribution in [0.15, 0.2) is 12.2 Å². The fourth-order valence-electron chi connectivity index (χ4n) is 1.21. The second-order valence-corrected chi connectivity index (χ2v) is 3.89. The van der Waals surface area contributed by atoms with Gasteiger partial charge in [0, 0.05) is 18.8 Å². The normalized spacial score (nSPS) is 10.2. The molecule has 2 N–H and O–H groups in total. The molecule has 0 aliphatic carbocycles. The van der Waals surface area contributed by atoms with Crippen molar-refractivity contribution in [3.05, 3.63) is 12.2 Å². The minimum absolute atomic E-state index is 0.0967. The average Bonchev–Trinajstić information content (AvgIpc) is 2.41. The van der Waals surface area contributed by atoms with Crippen molar-refractivity contribution in [2.24, 2.45) is 0 Å². The number of carbonyl (C=O) groups excluding carboxylic acids is 2. The molecule has 0 aromatic carbocycles. The summed E-state index contributed by atoms with van der Waals surface area (Å²) in [6.07, 6.45) is -0.461.